The van der Waals surface area contributed by atoms with Gasteiger partial charge < -0.3 is 0 Å². The van der Waals surface area contributed by atoms with Gasteiger partial charge in [-0.15, -0.1) is 0 Å². The van der Waals surface area contributed by atoms with Gasteiger partial charge >= 0.3 is 6.18 Å². The fraction of sp³-hybridized carbons (Fsp3) is 0.182. The van der Waals surface area contributed by atoms with Crippen LogP contribution in [-0.4, -0.2) is 14.8 Å². The highest BCUT2D eigenvalue weighted by Crippen LogP contribution is 2.28. The molecule has 2 aromatic heterocycles. The first-order chi connectivity index (χ1) is 8.40. The van der Waals surface area contributed by atoms with Crippen molar-refractivity contribution in [2.45, 2.75) is 13.1 Å². The fourth-order valence-electron chi connectivity index (χ4n) is 1.43. The predicted octanol–water partition coefficient (Wildman–Crippen LogP) is 2.47. The van der Waals surface area contributed by atoms with Crippen LogP contribution in [0.2, 0.25) is 0 Å². The molecule has 0 fully saturated rings. The van der Waals surface area contributed by atoms with Gasteiger partial charge in [-0.05, 0) is 13.0 Å². The zero-order valence-corrected chi connectivity index (χ0v) is 9.23. The molecule has 0 aliphatic rings. The lowest BCUT2D eigenvalue weighted by Gasteiger charge is -2.03. The summed E-state index contributed by atoms with van der Waals surface area (Å²) in [5.41, 5.74) is -0.000943. The topological polar surface area (TPSA) is 54.5 Å². The molecule has 0 aliphatic carbocycles. The number of nitrogens with zero attached hydrogens (tertiary/aromatic N) is 4. The van der Waals surface area contributed by atoms with Gasteiger partial charge in [0, 0.05) is 18.0 Å². The van der Waals surface area contributed by atoms with Crippen LogP contribution >= 0.6 is 0 Å². The highest BCUT2D eigenvalue weighted by atomic mass is 19.4. The molecule has 2 rings (SSSR count). The van der Waals surface area contributed by atoms with Gasteiger partial charge in [0.2, 0.25) is 0 Å². The Morgan fingerprint density at radius 2 is 2.06 bits per heavy atom. The number of alkyl halides is 3. The molecule has 18 heavy (non-hydrogen) atoms. The van der Waals surface area contributed by atoms with Crippen LogP contribution in [0.3, 0.4) is 0 Å². The first-order valence-corrected chi connectivity index (χ1v) is 4.91. The molecule has 0 saturated carbocycles. The van der Waals surface area contributed by atoms with Crippen molar-refractivity contribution in [3.63, 3.8) is 0 Å². The maximum Gasteiger partial charge on any atom is 0.419 e. The molecule has 0 saturated heterocycles. The summed E-state index contributed by atoms with van der Waals surface area (Å²) in [4.78, 5) is 4.03. The van der Waals surface area contributed by atoms with E-state index >= 15 is 0 Å². The van der Waals surface area contributed by atoms with Crippen molar-refractivity contribution in [1.82, 2.24) is 14.8 Å². The first kappa shape index (κ1) is 12.1. The summed E-state index contributed by atoms with van der Waals surface area (Å²) < 4.78 is 38.2. The average Bonchev–Trinajstić information content (AvgIpc) is 2.77. The van der Waals surface area contributed by atoms with Crippen LogP contribution in [0, 0.1) is 18.3 Å². The Hall–Kier alpha value is -2.36. The maximum absolute atomic E-state index is 12.4. The number of aromatic nitrogens is 3. The van der Waals surface area contributed by atoms with E-state index in [2.05, 4.69) is 10.1 Å². The van der Waals surface area contributed by atoms with Crippen molar-refractivity contribution in [2.75, 3.05) is 0 Å². The molecule has 7 heteroatoms. The zero-order chi connectivity index (χ0) is 13.3. The van der Waals surface area contributed by atoms with Gasteiger partial charge in [0.15, 0.2) is 5.82 Å². The van der Waals surface area contributed by atoms with Gasteiger partial charge in [0.1, 0.15) is 0 Å². The molecule has 2 aromatic rings. The molecule has 0 aliphatic heterocycles. The summed E-state index contributed by atoms with van der Waals surface area (Å²) in [6, 6.07) is 4.83. The monoisotopic (exact) mass is 252 g/mol. The first-order valence-electron chi connectivity index (χ1n) is 4.91. The van der Waals surface area contributed by atoms with E-state index in [9.17, 15) is 13.2 Å². The van der Waals surface area contributed by atoms with E-state index in [0.717, 1.165) is 17.1 Å². The number of pyridine rings is 1. The van der Waals surface area contributed by atoms with Crippen molar-refractivity contribution in [1.29, 1.82) is 5.26 Å². The van der Waals surface area contributed by atoms with Gasteiger partial charge in [-0.25, -0.2) is 9.67 Å². The number of nitriles is 1. The second kappa shape index (κ2) is 4.14. The molecule has 0 radical (unpaired) electrons. The zero-order valence-electron chi connectivity index (χ0n) is 9.23. The number of rotatable bonds is 1. The predicted molar refractivity (Wildman–Crippen MR) is 55.8 cm³/mol. The molecule has 0 bridgehead atoms. The van der Waals surface area contributed by atoms with Crippen molar-refractivity contribution < 1.29 is 13.2 Å². The molecule has 92 valence electrons. The smallest absolute Gasteiger partial charge is 0.234 e. The van der Waals surface area contributed by atoms with Crippen molar-refractivity contribution in [2.24, 2.45) is 0 Å². The Labute approximate surface area is 100 Å². The summed E-state index contributed by atoms with van der Waals surface area (Å²) in [5.74, 6) is 0.182. The van der Waals surface area contributed by atoms with E-state index in [1.165, 1.54) is 12.1 Å². The standard InChI is InChI=1S/C11H7F3N4/c1-7-2-8(4-15)3-10(17-7)18-6-9(5-16-18)11(12,13)14/h2-3,5-6H,1H3. The van der Waals surface area contributed by atoms with Gasteiger partial charge in [-0.1, -0.05) is 0 Å². The summed E-state index contributed by atoms with van der Waals surface area (Å²) in [6.45, 7) is 1.65. The number of hydrogen-bond acceptors (Lipinski definition) is 3. The molecular weight excluding hydrogens is 245 g/mol. The summed E-state index contributed by atoms with van der Waals surface area (Å²) >= 11 is 0. The second-order valence-corrected chi connectivity index (χ2v) is 3.64. The highest BCUT2D eigenvalue weighted by molar-refractivity contribution is 5.37. The lowest BCUT2D eigenvalue weighted by Crippen LogP contribution is -2.04. The summed E-state index contributed by atoms with van der Waals surface area (Å²) in [6.07, 6.45) is -2.89. The molecular formula is C11H7F3N4. The van der Waals surface area contributed by atoms with E-state index < -0.39 is 11.7 Å². The molecule has 2 heterocycles. The van der Waals surface area contributed by atoms with Gasteiger partial charge in [0.05, 0.1) is 23.4 Å². The third-order valence-corrected chi connectivity index (χ3v) is 2.21. The van der Waals surface area contributed by atoms with E-state index in [1.807, 2.05) is 6.07 Å². The van der Waals surface area contributed by atoms with Crippen molar-refractivity contribution in [3.8, 4) is 11.9 Å². The van der Waals surface area contributed by atoms with E-state index in [4.69, 9.17) is 5.26 Å². The molecule has 0 aromatic carbocycles. The third kappa shape index (κ3) is 2.32. The van der Waals surface area contributed by atoms with Crippen LogP contribution in [0.1, 0.15) is 16.8 Å². The van der Waals surface area contributed by atoms with Gasteiger partial charge in [-0.3, -0.25) is 0 Å². The van der Waals surface area contributed by atoms with Crippen LogP contribution in [0.5, 0.6) is 0 Å². The van der Waals surface area contributed by atoms with Crippen molar-refractivity contribution >= 4 is 0 Å². The lowest BCUT2D eigenvalue weighted by atomic mass is 10.2. The normalized spacial score (nSPS) is 11.3. The molecule has 0 amide bonds. The molecule has 0 atom stereocenters. The minimum atomic E-state index is -4.44. The molecule has 0 N–H and O–H groups in total. The van der Waals surface area contributed by atoms with Crippen LogP contribution < -0.4 is 0 Å². The number of hydrogen-bond donors (Lipinski definition) is 0. The second-order valence-electron chi connectivity index (χ2n) is 3.64. The largest absolute Gasteiger partial charge is 0.419 e. The number of aryl methyl sites for hydroxylation is 1. The van der Waals surface area contributed by atoms with Crippen LogP contribution in [0.4, 0.5) is 13.2 Å². The average molecular weight is 252 g/mol. The fourth-order valence-corrected chi connectivity index (χ4v) is 1.43. The van der Waals surface area contributed by atoms with Crippen LogP contribution in [0.25, 0.3) is 5.82 Å². The molecule has 0 spiro atoms. The molecule has 4 nitrogen and oxygen atoms in total. The van der Waals surface area contributed by atoms with Gasteiger partial charge in [-0.2, -0.15) is 23.5 Å². The van der Waals surface area contributed by atoms with Gasteiger partial charge in [0.25, 0.3) is 0 Å². The summed E-state index contributed by atoms with van der Waals surface area (Å²) in [7, 11) is 0. The SMILES string of the molecule is Cc1cc(C#N)cc(-n2cc(C(F)(F)F)cn2)n1. The third-order valence-electron chi connectivity index (χ3n) is 2.21. The van der Waals surface area contributed by atoms with E-state index in [1.54, 1.807) is 6.92 Å². The number of halogens is 3. The van der Waals surface area contributed by atoms with E-state index in [-0.39, 0.29) is 5.82 Å². The quantitative estimate of drug-likeness (QED) is 0.783. The van der Waals surface area contributed by atoms with E-state index in [0.29, 0.717) is 11.3 Å². The Morgan fingerprint density at radius 3 is 2.61 bits per heavy atom. The van der Waals surface area contributed by atoms with Crippen molar-refractivity contribution in [3.05, 3.63) is 41.3 Å². The summed E-state index contributed by atoms with van der Waals surface area (Å²) in [5, 5.41) is 12.4. The highest BCUT2D eigenvalue weighted by Gasteiger charge is 2.32. The van der Waals surface area contributed by atoms with Crippen LogP contribution in [-0.2, 0) is 6.18 Å². The Bertz CT molecular complexity index is 622. The minimum Gasteiger partial charge on any atom is -0.234 e. The Balaban J connectivity index is 2.47. The Kier molecular flexibility index (Phi) is 2.79. The minimum absolute atomic E-state index is 0.182. The van der Waals surface area contributed by atoms with Crippen LogP contribution in [0.15, 0.2) is 24.5 Å². The Morgan fingerprint density at radius 1 is 1.33 bits per heavy atom. The maximum atomic E-state index is 12.4. The molecule has 0 unspecified atom stereocenters. The lowest BCUT2D eigenvalue weighted by molar-refractivity contribution is -0.137.